The molecule has 2 aliphatic heterocycles. The van der Waals surface area contributed by atoms with Crippen LogP contribution in [0.5, 0.6) is 11.6 Å². The zero-order chi connectivity index (χ0) is 26.3. The summed E-state index contributed by atoms with van der Waals surface area (Å²) < 4.78 is 11.3. The fourth-order valence-electron chi connectivity index (χ4n) is 4.62. The molecule has 2 N–H and O–H groups in total. The third kappa shape index (κ3) is 4.12. The van der Waals surface area contributed by atoms with Gasteiger partial charge in [-0.15, -0.1) is 0 Å². The fraction of sp³-hybridized carbons (Fsp3) is 0.154. The first-order valence-electron chi connectivity index (χ1n) is 11.7. The number of aromatic nitrogens is 3. The van der Waals surface area contributed by atoms with Crippen molar-refractivity contribution < 1.29 is 23.6 Å². The van der Waals surface area contributed by atoms with Crippen LogP contribution in [0.25, 0.3) is 22.8 Å². The average Bonchev–Trinajstić information content (AvgIpc) is 3.58. The molecule has 0 atom stereocenters. The maximum atomic E-state index is 12.6. The van der Waals surface area contributed by atoms with Crippen molar-refractivity contribution >= 4 is 35.1 Å². The van der Waals surface area contributed by atoms with E-state index in [0.29, 0.717) is 53.4 Å². The number of ether oxygens (including phenoxy) is 1. The summed E-state index contributed by atoms with van der Waals surface area (Å²) in [5, 5.41) is 9.05. The molecule has 190 valence electrons. The minimum Gasteiger partial charge on any atom is -0.439 e. The van der Waals surface area contributed by atoms with Crippen LogP contribution in [0.1, 0.15) is 12.8 Å². The molecule has 4 amide bonds. The maximum Gasteiger partial charge on any atom is 0.328 e. The zero-order valence-electron chi connectivity index (χ0n) is 19.7. The van der Waals surface area contributed by atoms with E-state index in [1.165, 1.54) is 6.20 Å². The highest BCUT2D eigenvalue weighted by molar-refractivity contribution is 6.30. The molecular weight excluding hydrogens is 512 g/mol. The van der Waals surface area contributed by atoms with Gasteiger partial charge >= 0.3 is 6.03 Å². The fourth-order valence-corrected chi connectivity index (χ4v) is 4.75. The summed E-state index contributed by atoms with van der Waals surface area (Å²) in [6, 6.07) is 16.8. The number of rotatable bonds is 5. The van der Waals surface area contributed by atoms with Crippen LogP contribution < -0.4 is 20.3 Å². The Labute approximate surface area is 220 Å². The Morgan fingerprint density at radius 2 is 1.63 bits per heavy atom. The average molecular weight is 531 g/mol. The molecule has 0 bridgehead atoms. The van der Waals surface area contributed by atoms with Gasteiger partial charge in [0.15, 0.2) is 5.54 Å². The van der Waals surface area contributed by atoms with Crippen molar-refractivity contribution in [3.8, 4) is 34.5 Å². The lowest BCUT2D eigenvalue weighted by Gasteiger charge is -2.38. The molecule has 4 aromatic rings. The summed E-state index contributed by atoms with van der Waals surface area (Å²) in [6.07, 6.45) is 2.44. The van der Waals surface area contributed by atoms with E-state index >= 15 is 0 Å². The number of halogens is 1. The van der Waals surface area contributed by atoms with Crippen LogP contribution in [-0.4, -0.2) is 45.1 Å². The largest absolute Gasteiger partial charge is 0.439 e. The number of carbonyl (C=O) groups excluding carboxylic acids is 3. The van der Waals surface area contributed by atoms with Gasteiger partial charge in [-0.25, -0.2) is 9.78 Å². The molecule has 0 unspecified atom stereocenters. The Bertz CT molecular complexity index is 1520. The van der Waals surface area contributed by atoms with Crippen LogP contribution in [0.2, 0.25) is 5.02 Å². The zero-order valence-corrected chi connectivity index (χ0v) is 20.4. The highest BCUT2D eigenvalue weighted by Gasteiger charge is 2.57. The Morgan fingerprint density at radius 1 is 0.921 bits per heavy atom. The first kappa shape index (κ1) is 23.6. The molecule has 6 rings (SSSR count). The highest BCUT2D eigenvalue weighted by atomic mass is 35.5. The quantitative estimate of drug-likeness (QED) is 0.367. The van der Waals surface area contributed by atoms with Gasteiger partial charge in [0.1, 0.15) is 5.75 Å². The molecule has 4 heterocycles. The number of pyridine rings is 1. The number of nitrogens with zero attached hydrogens (tertiary/aromatic N) is 4. The standard InChI is InChI=1S/C26H19ClN6O5/c27-17-6-2-15(3-7-17)21-29-22(38-32-21)16-4-9-19(10-5-16)37-20-11-8-18(14-28-20)33-13-1-12-26(33)23(34)30-25(36)31-24(26)35/h2-11,14H,1,12-13H2,(H2,30,31,34,35,36). The number of hydrogen-bond donors (Lipinski definition) is 2. The Balaban J connectivity index is 1.15. The second-order valence-corrected chi connectivity index (χ2v) is 9.20. The van der Waals surface area contributed by atoms with Crippen LogP contribution in [0.3, 0.4) is 0 Å². The number of barbiturate groups is 1. The van der Waals surface area contributed by atoms with Gasteiger partial charge in [0.25, 0.3) is 17.7 Å². The first-order valence-corrected chi connectivity index (χ1v) is 12.1. The molecule has 2 fully saturated rings. The van der Waals surface area contributed by atoms with Gasteiger partial charge in [0.05, 0.1) is 11.9 Å². The van der Waals surface area contributed by atoms with E-state index in [0.717, 1.165) is 11.1 Å². The molecule has 12 heteroatoms. The van der Waals surface area contributed by atoms with Crippen LogP contribution >= 0.6 is 11.6 Å². The topological polar surface area (TPSA) is 140 Å². The maximum absolute atomic E-state index is 12.6. The second kappa shape index (κ2) is 9.27. The predicted octanol–water partition coefficient (Wildman–Crippen LogP) is 3.95. The van der Waals surface area contributed by atoms with Gasteiger partial charge in [0.2, 0.25) is 11.7 Å². The van der Waals surface area contributed by atoms with Gasteiger partial charge < -0.3 is 14.2 Å². The monoisotopic (exact) mass is 530 g/mol. The van der Waals surface area contributed by atoms with Gasteiger partial charge in [-0.1, -0.05) is 16.8 Å². The van der Waals surface area contributed by atoms with Crippen molar-refractivity contribution in [3.63, 3.8) is 0 Å². The molecule has 11 nitrogen and oxygen atoms in total. The van der Waals surface area contributed by atoms with Gasteiger partial charge in [0, 0.05) is 28.8 Å². The van der Waals surface area contributed by atoms with E-state index in [9.17, 15) is 14.4 Å². The van der Waals surface area contributed by atoms with Crippen LogP contribution in [0, 0.1) is 0 Å². The number of amides is 4. The molecule has 2 aromatic carbocycles. The van der Waals surface area contributed by atoms with Gasteiger partial charge in [-0.2, -0.15) is 4.98 Å². The van der Waals surface area contributed by atoms with Crippen molar-refractivity contribution in [1.82, 2.24) is 25.8 Å². The number of anilines is 1. The smallest absolute Gasteiger partial charge is 0.328 e. The summed E-state index contributed by atoms with van der Waals surface area (Å²) in [6.45, 7) is 0.466. The van der Waals surface area contributed by atoms with E-state index < -0.39 is 23.4 Å². The van der Waals surface area contributed by atoms with E-state index in [1.54, 1.807) is 53.4 Å². The van der Waals surface area contributed by atoms with E-state index in [-0.39, 0.29) is 0 Å². The lowest BCUT2D eigenvalue weighted by atomic mass is 9.92. The predicted molar refractivity (Wildman–Crippen MR) is 135 cm³/mol. The summed E-state index contributed by atoms with van der Waals surface area (Å²) >= 11 is 5.93. The lowest BCUT2D eigenvalue weighted by molar-refractivity contribution is -0.137. The Kier molecular flexibility index (Phi) is 5.76. The summed E-state index contributed by atoms with van der Waals surface area (Å²) in [4.78, 5) is 47.3. The minimum absolute atomic E-state index is 0.295. The van der Waals surface area contributed by atoms with Crippen LogP contribution in [0.4, 0.5) is 10.5 Å². The van der Waals surface area contributed by atoms with Crippen LogP contribution in [0.15, 0.2) is 71.4 Å². The Morgan fingerprint density at radius 3 is 2.32 bits per heavy atom. The summed E-state index contributed by atoms with van der Waals surface area (Å²) in [7, 11) is 0. The summed E-state index contributed by atoms with van der Waals surface area (Å²) in [5.74, 6) is 0.409. The normalized spacial score (nSPS) is 16.4. The number of urea groups is 1. The van der Waals surface area contributed by atoms with E-state index in [1.807, 2.05) is 12.1 Å². The number of benzene rings is 2. The van der Waals surface area contributed by atoms with Crippen molar-refractivity contribution in [1.29, 1.82) is 0 Å². The second-order valence-electron chi connectivity index (χ2n) is 8.76. The molecule has 0 saturated carbocycles. The van der Waals surface area contributed by atoms with E-state index in [4.69, 9.17) is 20.9 Å². The molecule has 1 spiro atoms. The number of carbonyl (C=O) groups is 3. The molecule has 0 radical (unpaired) electrons. The SMILES string of the molecule is O=C1NC(=O)C2(CCCN2c2ccc(Oc3ccc(-c4nc(-c5ccc(Cl)cc5)no4)cc3)nc2)C(=O)N1. The third-order valence-corrected chi connectivity index (χ3v) is 6.72. The van der Waals surface area contributed by atoms with E-state index in [2.05, 4.69) is 25.8 Å². The minimum atomic E-state index is -1.48. The van der Waals surface area contributed by atoms with Gasteiger partial charge in [-0.05, 0) is 67.4 Å². The van der Waals surface area contributed by atoms with Gasteiger partial charge in [-0.3, -0.25) is 20.2 Å². The molecule has 38 heavy (non-hydrogen) atoms. The van der Waals surface area contributed by atoms with Crippen molar-refractivity contribution in [2.45, 2.75) is 18.4 Å². The third-order valence-electron chi connectivity index (χ3n) is 6.47. The number of imide groups is 2. The highest BCUT2D eigenvalue weighted by Crippen LogP contribution is 2.36. The first-order chi connectivity index (χ1) is 18.4. The molecule has 2 saturated heterocycles. The van der Waals surface area contributed by atoms with Crippen molar-refractivity contribution in [3.05, 3.63) is 71.9 Å². The van der Waals surface area contributed by atoms with Crippen molar-refractivity contribution in [2.24, 2.45) is 0 Å². The molecule has 2 aromatic heterocycles. The lowest BCUT2D eigenvalue weighted by Crippen LogP contribution is -2.71. The molecular formula is C26H19ClN6O5. The van der Waals surface area contributed by atoms with Crippen molar-refractivity contribution in [2.75, 3.05) is 11.4 Å². The Hall–Kier alpha value is -4.77. The summed E-state index contributed by atoms with van der Waals surface area (Å²) in [5.41, 5.74) is 0.598. The molecule has 0 aliphatic carbocycles. The van der Waals surface area contributed by atoms with Crippen LogP contribution in [-0.2, 0) is 9.59 Å². The number of hydrogen-bond acceptors (Lipinski definition) is 9. The molecule has 2 aliphatic rings. The number of nitrogens with one attached hydrogen (secondary N) is 2.